The Hall–Kier alpha value is -1.96. The lowest BCUT2D eigenvalue weighted by atomic mass is 9.51. The highest BCUT2D eigenvalue weighted by atomic mass is 16.6. The van der Waals surface area contributed by atoms with Crippen molar-refractivity contribution >= 4 is 11.9 Å². The fraction of sp³-hybridized carbons (Fsp3) is 0.758. The zero-order valence-electron chi connectivity index (χ0n) is 24.9. The maximum Gasteiger partial charge on any atom is 0.311 e. The Kier molecular flexibility index (Phi) is 9.68. The van der Waals surface area contributed by atoms with Gasteiger partial charge >= 0.3 is 11.9 Å². The third kappa shape index (κ3) is 6.57. The molecule has 3 N–H and O–H groups in total. The summed E-state index contributed by atoms with van der Waals surface area (Å²) in [6, 6.07) is 10.4. The summed E-state index contributed by atoms with van der Waals surface area (Å²) in [5.74, 6) is -0.429. The summed E-state index contributed by atoms with van der Waals surface area (Å²) in [6.45, 7) is 9.92. The lowest BCUT2D eigenvalue weighted by molar-refractivity contribution is -0.195. The Morgan fingerprint density at radius 2 is 1.90 bits per heavy atom. The van der Waals surface area contributed by atoms with E-state index in [1.807, 2.05) is 45.9 Å². The smallest absolute Gasteiger partial charge is 0.311 e. The first-order valence-corrected chi connectivity index (χ1v) is 15.3. The second kappa shape index (κ2) is 12.5. The average Bonchev–Trinajstić information content (AvgIpc) is 2.91. The molecule has 3 aliphatic rings. The summed E-state index contributed by atoms with van der Waals surface area (Å²) in [4.78, 5) is 25.4. The van der Waals surface area contributed by atoms with Crippen LogP contribution in [-0.4, -0.2) is 57.8 Å². The van der Waals surface area contributed by atoms with Crippen LogP contribution in [0.4, 0.5) is 0 Å². The van der Waals surface area contributed by atoms with Crippen LogP contribution >= 0.6 is 0 Å². The number of benzene rings is 1. The molecule has 0 aromatic heterocycles. The predicted molar refractivity (Wildman–Crippen MR) is 152 cm³/mol. The van der Waals surface area contributed by atoms with E-state index in [2.05, 4.69) is 19.1 Å². The summed E-state index contributed by atoms with van der Waals surface area (Å²) < 4.78 is 11.9. The molecule has 7 nitrogen and oxygen atoms in total. The van der Waals surface area contributed by atoms with Crippen LogP contribution in [0.25, 0.3) is 0 Å². The molecule has 1 aromatic carbocycles. The van der Waals surface area contributed by atoms with Gasteiger partial charge in [-0.05, 0) is 94.4 Å². The molecule has 4 rings (SSSR count). The van der Waals surface area contributed by atoms with Crippen molar-refractivity contribution in [3.05, 3.63) is 35.9 Å². The SMILES string of the molecule is CCC(C)(C)C(=O)O[C@H]1C[C@@H](CO)[C@@H](C(C)c2ccccc2)[C@H]2CC[C@](C)(O)[C@@H](CC[C@@H]3C[C@@H](O)CC(=O)O3)[C@@H]21. The minimum absolute atomic E-state index is 0.0211. The van der Waals surface area contributed by atoms with E-state index in [4.69, 9.17) is 9.47 Å². The molecule has 224 valence electrons. The fourth-order valence-corrected chi connectivity index (χ4v) is 7.92. The Balaban J connectivity index is 1.68. The maximum absolute atomic E-state index is 13.4. The summed E-state index contributed by atoms with van der Waals surface area (Å²) in [7, 11) is 0. The second-order valence-corrected chi connectivity index (χ2v) is 13.7. The molecule has 2 aliphatic carbocycles. The van der Waals surface area contributed by atoms with Crippen molar-refractivity contribution in [1.29, 1.82) is 0 Å². The molecule has 40 heavy (non-hydrogen) atoms. The number of fused-ring (bicyclic) bond motifs is 1. The molecule has 1 saturated heterocycles. The van der Waals surface area contributed by atoms with Gasteiger partial charge in [0, 0.05) is 18.9 Å². The van der Waals surface area contributed by atoms with E-state index in [9.17, 15) is 24.9 Å². The molecule has 0 spiro atoms. The summed E-state index contributed by atoms with van der Waals surface area (Å²) >= 11 is 0. The Morgan fingerprint density at radius 3 is 2.52 bits per heavy atom. The molecule has 0 amide bonds. The van der Waals surface area contributed by atoms with Crippen molar-refractivity contribution in [1.82, 2.24) is 0 Å². The van der Waals surface area contributed by atoms with Crippen LogP contribution in [0.3, 0.4) is 0 Å². The standard InChI is InChI=1S/C33H50O7/c1-6-32(3,4)31(37)40-27-16-22(19-34)29(20(2)21-10-8-7-9-11-21)25-14-15-33(5,38)26(30(25)27)13-12-24-17-23(35)18-28(36)39-24/h7-11,20,22-27,29-30,34-35,38H,6,12-19H2,1-5H3/t20?,22-,23+,24+,25+,26-,27-,29+,30+,33-/m0/s1. The van der Waals surface area contributed by atoms with Gasteiger partial charge < -0.3 is 24.8 Å². The van der Waals surface area contributed by atoms with Crippen molar-refractivity contribution in [3.8, 4) is 0 Å². The Morgan fingerprint density at radius 1 is 1.20 bits per heavy atom. The summed E-state index contributed by atoms with van der Waals surface area (Å²) in [5, 5.41) is 32.6. The van der Waals surface area contributed by atoms with E-state index in [1.165, 1.54) is 5.56 Å². The molecule has 2 saturated carbocycles. The third-order valence-electron chi connectivity index (χ3n) is 10.6. The topological polar surface area (TPSA) is 113 Å². The van der Waals surface area contributed by atoms with Crippen molar-refractivity contribution < 1.29 is 34.4 Å². The van der Waals surface area contributed by atoms with Gasteiger partial charge in [0.05, 0.1) is 23.5 Å². The monoisotopic (exact) mass is 558 g/mol. The number of cyclic esters (lactones) is 1. The van der Waals surface area contributed by atoms with Gasteiger partial charge in [-0.15, -0.1) is 0 Å². The zero-order valence-corrected chi connectivity index (χ0v) is 24.9. The van der Waals surface area contributed by atoms with Crippen molar-refractivity contribution in [2.75, 3.05) is 6.61 Å². The Bertz CT molecular complexity index is 1010. The highest BCUT2D eigenvalue weighted by molar-refractivity contribution is 5.76. The molecule has 1 aromatic rings. The normalized spacial score (nSPS) is 37.2. The van der Waals surface area contributed by atoms with E-state index >= 15 is 0 Å². The highest BCUT2D eigenvalue weighted by Gasteiger charge is 2.57. The molecule has 7 heteroatoms. The number of esters is 2. The minimum atomic E-state index is -0.976. The Labute approximate surface area is 239 Å². The summed E-state index contributed by atoms with van der Waals surface area (Å²) in [5.41, 5.74) is -0.378. The second-order valence-electron chi connectivity index (χ2n) is 13.7. The van der Waals surface area contributed by atoms with Gasteiger partial charge in [-0.2, -0.15) is 0 Å². The first kappa shape index (κ1) is 31.0. The van der Waals surface area contributed by atoms with Gasteiger partial charge in [0.15, 0.2) is 0 Å². The first-order chi connectivity index (χ1) is 18.9. The van der Waals surface area contributed by atoms with Crippen molar-refractivity contribution in [2.24, 2.45) is 35.0 Å². The van der Waals surface area contributed by atoms with Crippen molar-refractivity contribution in [2.45, 2.75) is 116 Å². The van der Waals surface area contributed by atoms with Gasteiger partial charge in [0.2, 0.25) is 0 Å². The van der Waals surface area contributed by atoms with Gasteiger partial charge in [-0.1, -0.05) is 44.2 Å². The lowest BCUT2D eigenvalue weighted by Crippen LogP contribution is -2.58. The third-order valence-corrected chi connectivity index (χ3v) is 10.6. The van der Waals surface area contributed by atoms with Crippen LogP contribution in [0, 0.1) is 35.0 Å². The van der Waals surface area contributed by atoms with Crippen LogP contribution in [0.5, 0.6) is 0 Å². The zero-order chi connectivity index (χ0) is 29.2. The molecule has 1 unspecified atom stereocenters. The molecule has 10 atom stereocenters. The van der Waals surface area contributed by atoms with Gasteiger partial charge in [-0.25, -0.2) is 0 Å². The average molecular weight is 559 g/mol. The van der Waals surface area contributed by atoms with Crippen LogP contribution in [0.15, 0.2) is 30.3 Å². The van der Waals surface area contributed by atoms with E-state index in [0.29, 0.717) is 38.5 Å². The summed E-state index contributed by atoms with van der Waals surface area (Å²) in [6.07, 6.45) is 2.65. The number of rotatable bonds is 9. The van der Waals surface area contributed by atoms with Crippen LogP contribution < -0.4 is 0 Å². The molecule has 1 aliphatic heterocycles. The number of aliphatic hydroxyl groups is 3. The van der Waals surface area contributed by atoms with Crippen LogP contribution in [0.1, 0.15) is 97.5 Å². The minimum Gasteiger partial charge on any atom is -0.462 e. The van der Waals surface area contributed by atoms with Gasteiger partial charge in [-0.3, -0.25) is 9.59 Å². The number of carbonyl (C=O) groups is 2. The van der Waals surface area contributed by atoms with E-state index in [0.717, 1.165) is 6.42 Å². The molecular weight excluding hydrogens is 508 g/mol. The molecular formula is C33H50O7. The van der Waals surface area contributed by atoms with E-state index in [-0.39, 0.29) is 66.6 Å². The fourth-order valence-electron chi connectivity index (χ4n) is 7.92. The largest absolute Gasteiger partial charge is 0.462 e. The van der Waals surface area contributed by atoms with Crippen molar-refractivity contribution in [3.63, 3.8) is 0 Å². The lowest BCUT2D eigenvalue weighted by Gasteiger charge is -2.57. The number of aliphatic hydroxyl groups excluding tert-OH is 2. The molecule has 0 radical (unpaired) electrons. The van der Waals surface area contributed by atoms with Gasteiger partial charge in [0.25, 0.3) is 0 Å². The number of ether oxygens (including phenoxy) is 2. The maximum atomic E-state index is 13.4. The highest BCUT2D eigenvalue weighted by Crippen LogP contribution is 2.57. The number of hydrogen-bond donors (Lipinski definition) is 3. The molecule has 1 heterocycles. The molecule has 0 bridgehead atoms. The van der Waals surface area contributed by atoms with Crippen LogP contribution in [0.2, 0.25) is 0 Å². The predicted octanol–water partition coefficient (Wildman–Crippen LogP) is 5.01. The van der Waals surface area contributed by atoms with Gasteiger partial charge in [0.1, 0.15) is 12.2 Å². The molecule has 3 fully saturated rings. The number of hydrogen-bond acceptors (Lipinski definition) is 7. The first-order valence-electron chi connectivity index (χ1n) is 15.3. The number of carbonyl (C=O) groups excluding carboxylic acids is 2. The van der Waals surface area contributed by atoms with E-state index < -0.39 is 23.2 Å². The van der Waals surface area contributed by atoms with E-state index in [1.54, 1.807) is 0 Å². The van der Waals surface area contributed by atoms with Crippen LogP contribution in [-0.2, 0) is 19.1 Å². The quantitative estimate of drug-likeness (QED) is 0.365.